The Balaban J connectivity index is 1.50. The fourth-order valence-corrected chi connectivity index (χ4v) is 4.42. The van der Waals surface area contributed by atoms with Crippen LogP contribution in [0.15, 0.2) is 97.5 Å². The first-order chi connectivity index (χ1) is 18.6. The molecule has 6 rings (SSSR count). The smallest absolute Gasteiger partial charge is 0.182 e. The van der Waals surface area contributed by atoms with E-state index in [0.29, 0.717) is 24.4 Å². The number of hydrogen-bond donors (Lipinski definition) is 1. The lowest BCUT2D eigenvalue weighted by molar-refractivity contribution is 0.627. The van der Waals surface area contributed by atoms with Gasteiger partial charge in [0.25, 0.3) is 0 Å². The summed E-state index contributed by atoms with van der Waals surface area (Å²) in [4.78, 5) is 13.8. The molecule has 6 aromatic rings. The summed E-state index contributed by atoms with van der Waals surface area (Å²) in [5, 5.41) is 5.55. The van der Waals surface area contributed by atoms with Gasteiger partial charge in [-0.1, -0.05) is 0 Å². The number of fused-ring (bicyclic) bond motifs is 1. The van der Waals surface area contributed by atoms with Crippen molar-refractivity contribution in [2.45, 2.75) is 6.54 Å². The van der Waals surface area contributed by atoms with E-state index in [1.807, 2.05) is 36.5 Å². The van der Waals surface area contributed by atoms with Crippen molar-refractivity contribution < 1.29 is 8.78 Å². The van der Waals surface area contributed by atoms with Gasteiger partial charge in [0.05, 0.1) is 23.6 Å². The lowest BCUT2D eigenvalue weighted by atomic mass is 9.99. The molecule has 0 bridgehead atoms. The molecule has 0 aliphatic heterocycles. The van der Waals surface area contributed by atoms with Gasteiger partial charge in [0.15, 0.2) is 5.65 Å². The Morgan fingerprint density at radius 1 is 0.658 bits per heavy atom. The Hall–Kier alpha value is -4.82. The number of aromatic nitrogens is 5. The summed E-state index contributed by atoms with van der Waals surface area (Å²) in [5.41, 5.74) is 12.9. The second-order valence-electron chi connectivity index (χ2n) is 8.85. The highest BCUT2D eigenvalue weighted by molar-refractivity contribution is 5.95. The largest absolute Gasteiger partial charge is 0.329 e. The molecule has 0 radical (unpaired) electrons. The van der Waals surface area contributed by atoms with Gasteiger partial charge in [-0.3, -0.25) is 14.6 Å². The minimum atomic E-state index is -0.299. The van der Waals surface area contributed by atoms with Crippen molar-refractivity contribution in [2.24, 2.45) is 5.73 Å². The van der Waals surface area contributed by atoms with Gasteiger partial charge in [-0.25, -0.2) is 13.8 Å². The Bertz CT molecular complexity index is 1740. The molecular formula is C30H22F2N6. The Morgan fingerprint density at radius 2 is 1.24 bits per heavy atom. The van der Waals surface area contributed by atoms with Gasteiger partial charge >= 0.3 is 0 Å². The maximum Gasteiger partial charge on any atom is 0.182 e. The Kier molecular flexibility index (Phi) is 6.15. The fraction of sp³-hybridized carbons (Fsp3) is 0.0667. The monoisotopic (exact) mass is 504 g/mol. The number of halogens is 2. The number of hydrogen-bond acceptors (Lipinski definition) is 5. The van der Waals surface area contributed by atoms with Crippen LogP contribution in [0.4, 0.5) is 8.78 Å². The van der Waals surface area contributed by atoms with Crippen molar-refractivity contribution in [2.75, 3.05) is 6.54 Å². The van der Waals surface area contributed by atoms with Crippen molar-refractivity contribution in [3.05, 3.63) is 109 Å². The van der Waals surface area contributed by atoms with Crippen LogP contribution in [-0.2, 0) is 6.54 Å². The molecule has 4 heterocycles. The van der Waals surface area contributed by atoms with Gasteiger partial charge in [-0.2, -0.15) is 5.10 Å². The van der Waals surface area contributed by atoms with E-state index < -0.39 is 0 Å². The topological polar surface area (TPSA) is 82.5 Å². The van der Waals surface area contributed by atoms with Crippen LogP contribution in [-0.4, -0.2) is 31.3 Å². The standard InChI is InChI=1S/C30H22F2N6/c31-23-5-1-19(2-6-23)27-15-21(9-12-34-27)25-17-29(36-30-26(25)18-38(37-30)14-11-33)22-10-13-35-28(16-22)20-3-7-24(32)8-4-20/h1-10,12-13,15-18H,11,14,33H2. The zero-order chi connectivity index (χ0) is 26.1. The molecular weight excluding hydrogens is 482 g/mol. The summed E-state index contributed by atoms with van der Waals surface area (Å²) >= 11 is 0. The summed E-state index contributed by atoms with van der Waals surface area (Å²) in [5.74, 6) is -0.595. The van der Waals surface area contributed by atoms with Crippen LogP contribution >= 0.6 is 0 Å². The summed E-state index contributed by atoms with van der Waals surface area (Å²) in [6.45, 7) is 1.01. The minimum absolute atomic E-state index is 0.296. The number of benzene rings is 2. The van der Waals surface area contributed by atoms with Crippen molar-refractivity contribution in [3.8, 4) is 44.9 Å². The molecule has 2 N–H and O–H groups in total. The van der Waals surface area contributed by atoms with E-state index in [4.69, 9.17) is 10.7 Å². The summed E-state index contributed by atoms with van der Waals surface area (Å²) in [6.07, 6.45) is 5.40. The summed E-state index contributed by atoms with van der Waals surface area (Å²) in [7, 11) is 0. The maximum absolute atomic E-state index is 13.5. The highest BCUT2D eigenvalue weighted by Crippen LogP contribution is 2.34. The van der Waals surface area contributed by atoms with Crippen molar-refractivity contribution in [1.82, 2.24) is 24.7 Å². The average molecular weight is 505 g/mol. The van der Waals surface area contributed by atoms with Gasteiger partial charge in [0.2, 0.25) is 0 Å². The van der Waals surface area contributed by atoms with Crippen LogP contribution < -0.4 is 5.73 Å². The van der Waals surface area contributed by atoms with Gasteiger partial charge in [-0.05, 0) is 90.0 Å². The summed E-state index contributed by atoms with van der Waals surface area (Å²) < 4.78 is 28.7. The number of rotatable bonds is 6. The lowest BCUT2D eigenvalue weighted by Gasteiger charge is -2.10. The highest BCUT2D eigenvalue weighted by atomic mass is 19.1. The van der Waals surface area contributed by atoms with Gasteiger partial charge in [0, 0.05) is 47.2 Å². The SMILES string of the molecule is NCCn1cc2c(-c3ccnc(-c4ccc(F)cc4)c3)cc(-c3ccnc(-c4ccc(F)cc4)c3)nc2n1. The molecule has 186 valence electrons. The van der Waals surface area contributed by atoms with Crippen molar-refractivity contribution >= 4 is 11.0 Å². The third-order valence-corrected chi connectivity index (χ3v) is 6.30. The van der Waals surface area contributed by atoms with Gasteiger partial charge < -0.3 is 5.73 Å². The first-order valence-electron chi connectivity index (χ1n) is 12.1. The van der Waals surface area contributed by atoms with Gasteiger partial charge in [-0.15, -0.1) is 0 Å². The molecule has 0 saturated heterocycles. The molecule has 0 amide bonds. The molecule has 0 unspecified atom stereocenters. The van der Waals surface area contributed by atoms with Crippen LogP contribution in [0, 0.1) is 11.6 Å². The molecule has 0 aliphatic carbocycles. The second-order valence-corrected chi connectivity index (χ2v) is 8.85. The number of nitrogens with two attached hydrogens (primary N) is 1. The first kappa shape index (κ1) is 23.6. The number of pyridine rings is 3. The minimum Gasteiger partial charge on any atom is -0.329 e. The second kappa shape index (κ2) is 9.91. The van der Waals surface area contributed by atoms with E-state index in [1.54, 1.807) is 41.3 Å². The van der Waals surface area contributed by atoms with Crippen molar-refractivity contribution in [3.63, 3.8) is 0 Å². The Labute approximate surface area is 217 Å². The predicted octanol–water partition coefficient (Wildman–Crippen LogP) is 6.13. The van der Waals surface area contributed by atoms with E-state index in [2.05, 4.69) is 15.1 Å². The molecule has 0 atom stereocenters. The van der Waals surface area contributed by atoms with E-state index >= 15 is 0 Å². The third-order valence-electron chi connectivity index (χ3n) is 6.30. The lowest BCUT2D eigenvalue weighted by Crippen LogP contribution is -2.09. The van der Waals surface area contributed by atoms with Crippen LogP contribution in [0.1, 0.15) is 0 Å². The normalized spacial score (nSPS) is 11.2. The highest BCUT2D eigenvalue weighted by Gasteiger charge is 2.15. The molecule has 8 heteroatoms. The Morgan fingerprint density at radius 3 is 1.84 bits per heavy atom. The zero-order valence-electron chi connectivity index (χ0n) is 20.2. The average Bonchev–Trinajstić information content (AvgIpc) is 3.36. The van der Waals surface area contributed by atoms with Crippen LogP contribution in [0.3, 0.4) is 0 Å². The van der Waals surface area contributed by atoms with E-state index in [9.17, 15) is 8.78 Å². The molecule has 4 aromatic heterocycles. The van der Waals surface area contributed by atoms with Crippen LogP contribution in [0.5, 0.6) is 0 Å². The molecule has 0 saturated carbocycles. The molecule has 0 aliphatic rings. The number of nitrogens with zero attached hydrogens (tertiary/aromatic N) is 5. The van der Waals surface area contributed by atoms with Gasteiger partial charge in [0.1, 0.15) is 11.6 Å². The molecule has 6 nitrogen and oxygen atoms in total. The molecule has 38 heavy (non-hydrogen) atoms. The quantitative estimate of drug-likeness (QED) is 0.295. The zero-order valence-corrected chi connectivity index (χ0v) is 20.2. The first-order valence-corrected chi connectivity index (χ1v) is 12.1. The predicted molar refractivity (Wildman–Crippen MR) is 144 cm³/mol. The molecule has 0 spiro atoms. The fourth-order valence-electron chi connectivity index (χ4n) is 4.42. The molecule has 0 fully saturated rings. The van der Waals surface area contributed by atoms with E-state index in [1.165, 1.54) is 24.3 Å². The van der Waals surface area contributed by atoms with E-state index in [-0.39, 0.29) is 11.6 Å². The van der Waals surface area contributed by atoms with E-state index in [0.717, 1.165) is 44.6 Å². The third kappa shape index (κ3) is 4.65. The summed E-state index contributed by atoms with van der Waals surface area (Å²) in [6, 6.07) is 22.2. The molecule has 2 aromatic carbocycles. The van der Waals surface area contributed by atoms with Crippen molar-refractivity contribution in [1.29, 1.82) is 0 Å². The van der Waals surface area contributed by atoms with Crippen LogP contribution in [0.25, 0.3) is 55.9 Å². The maximum atomic E-state index is 13.5. The van der Waals surface area contributed by atoms with Crippen LogP contribution in [0.2, 0.25) is 0 Å².